The third-order valence-corrected chi connectivity index (χ3v) is 2.98. The van der Waals surface area contributed by atoms with Gasteiger partial charge in [-0.05, 0) is 25.8 Å². The van der Waals surface area contributed by atoms with E-state index in [1.807, 2.05) is 13.8 Å². The summed E-state index contributed by atoms with van der Waals surface area (Å²) in [5, 5.41) is 8.02. The Morgan fingerprint density at radius 2 is 1.95 bits per heavy atom. The lowest BCUT2D eigenvalue weighted by atomic mass is 10.1. The SMILES string of the molecule is CCCCOCCOc1nnc(C)c(C)c1C(N)=S. The maximum atomic E-state index is 5.71. The number of ether oxygens (including phenoxy) is 2. The van der Waals surface area contributed by atoms with Gasteiger partial charge in [-0.2, -0.15) is 5.10 Å². The average molecular weight is 283 g/mol. The number of aromatic nitrogens is 2. The largest absolute Gasteiger partial charge is 0.474 e. The molecule has 0 aromatic carbocycles. The smallest absolute Gasteiger partial charge is 0.244 e. The van der Waals surface area contributed by atoms with Crippen LogP contribution >= 0.6 is 12.2 Å². The van der Waals surface area contributed by atoms with E-state index in [1.165, 1.54) is 0 Å². The highest BCUT2D eigenvalue weighted by Gasteiger charge is 2.14. The van der Waals surface area contributed by atoms with Gasteiger partial charge in [-0.3, -0.25) is 0 Å². The Bertz CT molecular complexity index is 438. The molecule has 0 unspecified atom stereocenters. The molecule has 1 rings (SSSR count). The Kier molecular flexibility index (Phi) is 6.66. The summed E-state index contributed by atoms with van der Waals surface area (Å²) >= 11 is 5.03. The second kappa shape index (κ2) is 8.01. The van der Waals surface area contributed by atoms with Crippen molar-refractivity contribution < 1.29 is 9.47 Å². The minimum atomic E-state index is 0.275. The van der Waals surface area contributed by atoms with Crippen LogP contribution in [0.4, 0.5) is 0 Å². The molecule has 1 aromatic heterocycles. The number of thiocarbonyl (C=S) groups is 1. The molecule has 6 heteroatoms. The molecule has 0 aliphatic carbocycles. The van der Waals surface area contributed by atoms with Crippen LogP contribution in [0.2, 0.25) is 0 Å². The molecular formula is C13H21N3O2S. The number of hydrogen-bond acceptors (Lipinski definition) is 5. The van der Waals surface area contributed by atoms with Crippen molar-refractivity contribution >= 4 is 17.2 Å². The zero-order valence-electron chi connectivity index (χ0n) is 11.7. The van der Waals surface area contributed by atoms with Gasteiger partial charge in [0.25, 0.3) is 0 Å². The van der Waals surface area contributed by atoms with Crippen molar-refractivity contribution in [2.24, 2.45) is 5.73 Å². The van der Waals surface area contributed by atoms with E-state index in [2.05, 4.69) is 17.1 Å². The molecule has 0 saturated heterocycles. The normalized spacial score (nSPS) is 10.5. The number of unbranched alkanes of at least 4 members (excludes halogenated alkanes) is 1. The molecule has 0 atom stereocenters. The van der Waals surface area contributed by atoms with Gasteiger partial charge in [0.05, 0.1) is 17.9 Å². The van der Waals surface area contributed by atoms with Crippen molar-refractivity contribution in [3.05, 3.63) is 16.8 Å². The maximum Gasteiger partial charge on any atom is 0.244 e. The number of aryl methyl sites for hydroxylation is 1. The van der Waals surface area contributed by atoms with Gasteiger partial charge >= 0.3 is 0 Å². The Balaban J connectivity index is 2.58. The van der Waals surface area contributed by atoms with Gasteiger partial charge in [-0.1, -0.05) is 25.6 Å². The molecule has 0 bridgehead atoms. The predicted octanol–water partition coefficient (Wildman–Crippen LogP) is 1.92. The highest BCUT2D eigenvalue weighted by atomic mass is 32.1. The van der Waals surface area contributed by atoms with Crippen LogP contribution in [-0.2, 0) is 4.74 Å². The fourth-order valence-corrected chi connectivity index (χ4v) is 1.76. The van der Waals surface area contributed by atoms with Gasteiger partial charge in [0.1, 0.15) is 11.6 Å². The lowest BCUT2D eigenvalue weighted by Crippen LogP contribution is -2.18. The Labute approximate surface area is 119 Å². The summed E-state index contributed by atoms with van der Waals surface area (Å²) in [4.78, 5) is 0.275. The van der Waals surface area contributed by atoms with Gasteiger partial charge in [0, 0.05) is 6.61 Å². The van der Waals surface area contributed by atoms with E-state index in [1.54, 1.807) is 0 Å². The minimum absolute atomic E-state index is 0.275. The molecule has 0 saturated carbocycles. The predicted molar refractivity (Wildman–Crippen MR) is 78.6 cm³/mol. The second-order valence-corrected chi connectivity index (χ2v) is 4.71. The Hall–Kier alpha value is -1.27. The summed E-state index contributed by atoms with van der Waals surface area (Å²) in [7, 11) is 0. The molecule has 1 heterocycles. The van der Waals surface area contributed by atoms with E-state index in [9.17, 15) is 0 Å². The van der Waals surface area contributed by atoms with Crippen LogP contribution in [-0.4, -0.2) is 35.0 Å². The summed E-state index contributed by atoms with van der Waals surface area (Å²) in [5.74, 6) is 0.384. The molecule has 0 aliphatic heterocycles. The van der Waals surface area contributed by atoms with E-state index in [0.29, 0.717) is 24.7 Å². The average Bonchev–Trinajstić information content (AvgIpc) is 2.37. The molecular weight excluding hydrogens is 262 g/mol. The molecule has 1 aromatic rings. The van der Waals surface area contributed by atoms with E-state index >= 15 is 0 Å². The fraction of sp³-hybridized carbons (Fsp3) is 0.615. The minimum Gasteiger partial charge on any atom is -0.474 e. The van der Waals surface area contributed by atoms with Crippen molar-refractivity contribution in [3.63, 3.8) is 0 Å². The van der Waals surface area contributed by atoms with E-state index < -0.39 is 0 Å². The van der Waals surface area contributed by atoms with Crippen molar-refractivity contribution in [3.8, 4) is 5.88 Å². The Morgan fingerprint density at radius 3 is 2.58 bits per heavy atom. The Morgan fingerprint density at radius 1 is 1.21 bits per heavy atom. The first-order chi connectivity index (χ1) is 9.07. The van der Waals surface area contributed by atoms with Crippen molar-refractivity contribution in [2.45, 2.75) is 33.6 Å². The lowest BCUT2D eigenvalue weighted by molar-refractivity contribution is 0.0960. The summed E-state index contributed by atoms with van der Waals surface area (Å²) in [6.45, 7) is 7.58. The molecule has 5 nitrogen and oxygen atoms in total. The monoisotopic (exact) mass is 283 g/mol. The molecule has 0 radical (unpaired) electrons. The zero-order chi connectivity index (χ0) is 14.3. The number of nitrogens with zero attached hydrogens (tertiary/aromatic N) is 2. The van der Waals surface area contributed by atoms with Crippen LogP contribution in [0.3, 0.4) is 0 Å². The van der Waals surface area contributed by atoms with Gasteiger partial charge in [-0.15, -0.1) is 5.10 Å². The third kappa shape index (κ3) is 4.72. The zero-order valence-corrected chi connectivity index (χ0v) is 12.5. The highest BCUT2D eigenvalue weighted by molar-refractivity contribution is 7.80. The summed E-state index contributed by atoms with van der Waals surface area (Å²) in [6.07, 6.45) is 2.18. The number of nitrogens with two attached hydrogens (primary N) is 1. The molecule has 2 N–H and O–H groups in total. The van der Waals surface area contributed by atoms with Crippen LogP contribution in [0, 0.1) is 13.8 Å². The fourth-order valence-electron chi connectivity index (χ4n) is 1.52. The first kappa shape index (κ1) is 15.8. The summed E-state index contributed by atoms with van der Waals surface area (Å²) < 4.78 is 11.0. The van der Waals surface area contributed by atoms with Crippen LogP contribution in [0.1, 0.15) is 36.6 Å². The van der Waals surface area contributed by atoms with Gasteiger partial charge in [0.2, 0.25) is 5.88 Å². The molecule has 106 valence electrons. The van der Waals surface area contributed by atoms with Crippen LogP contribution in [0.5, 0.6) is 5.88 Å². The van der Waals surface area contributed by atoms with Crippen LogP contribution < -0.4 is 10.5 Å². The van der Waals surface area contributed by atoms with E-state index in [0.717, 1.165) is 30.7 Å². The van der Waals surface area contributed by atoms with Crippen LogP contribution in [0.25, 0.3) is 0 Å². The molecule has 0 spiro atoms. The van der Waals surface area contributed by atoms with Gasteiger partial charge in [-0.25, -0.2) is 0 Å². The van der Waals surface area contributed by atoms with Crippen molar-refractivity contribution in [2.75, 3.05) is 19.8 Å². The molecule has 0 aliphatic rings. The first-order valence-corrected chi connectivity index (χ1v) is 6.83. The third-order valence-electron chi connectivity index (χ3n) is 2.78. The highest BCUT2D eigenvalue weighted by Crippen LogP contribution is 2.20. The quantitative estimate of drug-likeness (QED) is 0.580. The van der Waals surface area contributed by atoms with Gasteiger partial charge in [0.15, 0.2) is 0 Å². The number of rotatable bonds is 8. The second-order valence-electron chi connectivity index (χ2n) is 4.27. The summed E-state index contributed by atoms with van der Waals surface area (Å²) in [5.41, 5.74) is 8.08. The first-order valence-electron chi connectivity index (χ1n) is 6.42. The van der Waals surface area contributed by atoms with E-state index in [4.69, 9.17) is 27.4 Å². The lowest BCUT2D eigenvalue weighted by Gasteiger charge is -2.12. The topological polar surface area (TPSA) is 70.3 Å². The molecule has 0 fully saturated rings. The van der Waals surface area contributed by atoms with E-state index in [-0.39, 0.29) is 4.99 Å². The maximum absolute atomic E-state index is 5.71. The van der Waals surface area contributed by atoms with Crippen molar-refractivity contribution in [1.82, 2.24) is 10.2 Å². The standard InChI is InChI=1S/C13H21N3O2S/c1-4-5-6-17-7-8-18-13-11(12(14)19)9(2)10(3)15-16-13/h4-8H2,1-3H3,(H2,14,19). The summed E-state index contributed by atoms with van der Waals surface area (Å²) in [6, 6.07) is 0. The molecule has 19 heavy (non-hydrogen) atoms. The van der Waals surface area contributed by atoms with Crippen LogP contribution in [0.15, 0.2) is 0 Å². The number of hydrogen-bond donors (Lipinski definition) is 1. The van der Waals surface area contributed by atoms with Gasteiger partial charge < -0.3 is 15.2 Å². The van der Waals surface area contributed by atoms with Crippen molar-refractivity contribution in [1.29, 1.82) is 0 Å². The molecule has 0 amide bonds.